The first-order chi connectivity index (χ1) is 35.8. The van der Waals surface area contributed by atoms with Crippen LogP contribution in [0.4, 0.5) is 0 Å². The Labute approximate surface area is 441 Å². The van der Waals surface area contributed by atoms with Crippen molar-refractivity contribution in [2.24, 2.45) is 0 Å². The number of amides is 1. The van der Waals surface area contributed by atoms with E-state index in [4.69, 9.17) is 28.4 Å². The maximum atomic E-state index is 13.2. The van der Waals surface area contributed by atoms with Crippen molar-refractivity contribution in [3.05, 3.63) is 24.3 Å². The molecule has 17 atom stereocenters. The number of rotatable bonds is 41. The van der Waals surface area contributed by atoms with Gasteiger partial charge in [-0.2, -0.15) is 0 Å². The van der Waals surface area contributed by atoms with Gasteiger partial charge in [-0.15, -0.1) is 0 Å². The fourth-order valence-corrected chi connectivity index (χ4v) is 9.74. The molecule has 0 aromatic carbocycles. The molecule has 434 valence electrons. The van der Waals surface area contributed by atoms with Gasteiger partial charge in [0.05, 0.1) is 38.6 Å². The summed E-state index contributed by atoms with van der Waals surface area (Å²) in [5, 5.41) is 119. The summed E-state index contributed by atoms with van der Waals surface area (Å²) >= 11 is 0. The van der Waals surface area contributed by atoms with Gasteiger partial charge in [0.2, 0.25) is 5.91 Å². The van der Waals surface area contributed by atoms with Crippen molar-refractivity contribution < 1.29 is 89.4 Å². The van der Waals surface area contributed by atoms with E-state index in [-0.39, 0.29) is 18.9 Å². The Morgan fingerprint density at radius 2 is 0.865 bits per heavy atom. The molecule has 1 amide bonds. The molecule has 3 saturated heterocycles. The third-order valence-electron chi connectivity index (χ3n) is 14.5. The van der Waals surface area contributed by atoms with Gasteiger partial charge >= 0.3 is 0 Å². The average molecular weight is 1060 g/mol. The van der Waals surface area contributed by atoms with E-state index in [1.54, 1.807) is 6.08 Å². The highest BCUT2D eigenvalue weighted by molar-refractivity contribution is 5.76. The van der Waals surface area contributed by atoms with Crippen LogP contribution in [0.1, 0.15) is 187 Å². The Kier molecular flexibility index (Phi) is 35.6. The highest BCUT2D eigenvalue weighted by atomic mass is 16.8. The zero-order valence-electron chi connectivity index (χ0n) is 44.8. The summed E-state index contributed by atoms with van der Waals surface area (Å²) in [6, 6.07) is -0.982. The minimum Gasteiger partial charge on any atom is -0.394 e. The predicted octanol–water partition coefficient (Wildman–Crippen LogP) is 3.98. The number of allylic oxidation sites excluding steroid dienone is 3. The van der Waals surface area contributed by atoms with E-state index in [9.17, 15) is 61.0 Å². The lowest BCUT2D eigenvalue weighted by Gasteiger charge is -2.48. The molecule has 3 heterocycles. The number of aliphatic hydroxyl groups excluding tert-OH is 11. The van der Waals surface area contributed by atoms with Gasteiger partial charge in [0.15, 0.2) is 18.9 Å². The van der Waals surface area contributed by atoms with E-state index in [2.05, 4.69) is 31.3 Å². The first-order valence-electron chi connectivity index (χ1n) is 28.6. The molecule has 12 N–H and O–H groups in total. The zero-order chi connectivity index (χ0) is 54.1. The maximum Gasteiger partial charge on any atom is 0.220 e. The van der Waals surface area contributed by atoms with Crippen molar-refractivity contribution in [3.63, 3.8) is 0 Å². The highest BCUT2D eigenvalue weighted by Gasteiger charge is 2.53. The fraction of sp³-hybridized carbons (Fsp3) is 0.909. The second-order valence-corrected chi connectivity index (χ2v) is 20.8. The van der Waals surface area contributed by atoms with E-state index in [1.165, 1.54) is 116 Å². The topological polar surface area (TPSA) is 307 Å². The summed E-state index contributed by atoms with van der Waals surface area (Å²) in [4.78, 5) is 13.2. The summed E-state index contributed by atoms with van der Waals surface area (Å²) < 4.78 is 34.1. The molecule has 0 aromatic heterocycles. The molecular weight excluding hydrogens is 963 g/mol. The molecule has 0 bridgehead atoms. The smallest absolute Gasteiger partial charge is 0.220 e. The predicted molar refractivity (Wildman–Crippen MR) is 277 cm³/mol. The normalized spacial score (nSPS) is 31.6. The van der Waals surface area contributed by atoms with Gasteiger partial charge < -0.3 is 89.9 Å². The van der Waals surface area contributed by atoms with Gasteiger partial charge in [-0.3, -0.25) is 4.79 Å². The van der Waals surface area contributed by atoms with Crippen molar-refractivity contribution in [3.8, 4) is 0 Å². The summed E-state index contributed by atoms with van der Waals surface area (Å²) in [5.74, 6) is -0.288. The van der Waals surface area contributed by atoms with Gasteiger partial charge in [-0.1, -0.05) is 179 Å². The Balaban J connectivity index is 1.43. The van der Waals surface area contributed by atoms with Crippen LogP contribution in [0, 0.1) is 0 Å². The number of ether oxygens (including phenoxy) is 6. The number of unbranched alkanes of at least 4 members (excludes halogenated alkanes) is 23. The molecule has 0 saturated carbocycles. The van der Waals surface area contributed by atoms with Crippen LogP contribution in [0.2, 0.25) is 0 Å². The average Bonchev–Trinajstić information content (AvgIpc) is 3.40. The van der Waals surface area contributed by atoms with Gasteiger partial charge in [0.25, 0.3) is 0 Å². The quantitative estimate of drug-likeness (QED) is 0.0304. The van der Waals surface area contributed by atoms with Crippen molar-refractivity contribution in [2.75, 3.05) is 26.4 Å². The second-order valence-electron chi connectivity index (χ2n) is 20.8. The number of carbonyl (C=O) groups is 1. The lowest BCUT2D eigenvalue weighted by atomic mass is 9.96. The molecular formula is C55H101NO18. The molecule has 3 aliphatic rings. The zero-order valence-corrected chi connectivity index (χ0v) is 44.8. The first kappa shape index (κ1) is 66.5. The molecule has 3 aliphatic heterocycles. The van der Waals surface area contributed by atoms with Crippen LogP contribution in [0.5, 0.6) is 0 Å². The third kappa shape index (κ3) is 24.1. The Bertz CT molecular complexity index is 1460. The van der Waals surface area contributed by atoms with Crippen molar-refractivity contribution in [1.82, 2.24) is 5.32 Å². The Morgan fingerprint density at radius 1 is 0.473 bits per heavy atom. The summed E-state index contributed by atoms with van der Waals surface area (Å²) in [5.41, 5.74) is 0. The van der Waals surface area contributed by atoms with E-state index in [0.29, 0.717) is 12.8 Å². The molecule has 3 fully saturated rings. The third-order valence-corrected chi connectivity index (χ3v) is 14.5. The van der Waals surface area contributed by atoms with Crippen LogP contribution in [0.3, 0.4) is 0 Å². The lowest BCUT2D eigenvalue weighted by molar-refractivity contribution is -0.379. The largest absolute Gasteiger partial charge is 0.394 e. The summed E-state index contributed by atoms with van der Waals surface area (Å²) in [6.45, 7) is 1.58. The van der Waals surface area contributed by atoms with E-state index in [0.717, 1.165) is 38.5 Å². The van der Waals surface area contributed by atoms with E-state index >= 15 is 0 Å². The SMILES string of the molecule is CCC/C=C/CC/C=C/C(O)C(COC1OC(CO)C(OC2OC(CO)C(OC3OC(CO)C(O)C(O)C3O)C(O)C2O)C(O)C1O)NC(=O)CCCCCCCCCCCCCCCCCCCCCCCC. The number of nitrogens with one attached hydrogen (secondary N) is 1. The van der Waals surface area contributed by atoms with Gasteiger partial charge in [-0.25, -0.2) is 0 Å². The Hall–Kier alpha value is -1.73. The van der Waals surface area contributed by atoms with Gasteiger partial charge in [0, 0.05) is 6.42 Å². The summed E-state index contributed by atoms with van der Waals surface area (Å²) in [7, 11) is 0. The van der Waals surface area contributed by atoms with Crippen molar-refractivity contribution >= 4 is 5.91 Å². The van der Waals surface area contributed by atoms with Crippen LogP contribution in [-0.4, -0.2) is 193 Å². The number of hydrogen-bond acceptors (Lipinski definition) is 18. The molecule has 0 spiro atoms. The monoisotopic (exact) mass is 1060 g/mol. The minimum absolute atomic E-state index is 0.239. The lowest BCUT2D eigenvalue weighted by Crippen LogP contribution is -2.66. The van der Waals surface area contributed by atoms with Crippen LogP contribution < -0.4 is 5.32 Å². The molecule has 17 unspecified atom stereocenters. The van der Waals surface area contributed by atoms with Crippen LogP contribution >= 0.6 is 0 Å². The van der Waals surface area contributed by atoms with Crippen molar-refractivity contribution in [2.45, 2.75) is 291 Å². The van der Waals surface area contributed by atoms with Gasteiger partial charge in [-0.05, 0) is 25.7 Å². The minimum atomic E-state index is -1.98. The second kappa shape index (κ2) is 39.6. The molecule has 0 aliphatic carbocycles. The number of aliphatic hydroxyl groups is 11. The van der Waals surface area contributed by atoms with Crippen LogP contribution in [0.25, 0.3) is 0 Å². The van der Waals surface area contributed by atoms with Gasteiger partial charge in [0.1, 0.15) is 73.2 Å². The molecule has 74 heavy (non-hydrogen) atoms. The number of hydrogen-bond donors (Lipinski definition) is 12. The van der Waals surface area contributed by atoms with Crippen LogP contribution in [-0.2, 0) is 33.2 Å². The number of carbonyl (C=O) groups excluding carboxylic acids is 1. The highest BCUT2D eigenvalue weighted by Crippen LogP contribution is 2.33. The first-order valence-corrected chi connectivity index (χ1v) is 28.6. The molecule has 0 aromatic rings. The van der Waals surface area contributed by atoms with Crippen LogP contribution in [0.15, 0.2) is 24.3 Å². The van der Waals surface area contributed by atoms with E-state index in [1.807, 2.05) is 6.08 Å². The molecule has 19 nitrogen and oxygen atoms in total. The molecule has 0 radical (unpaired) electrons. The standard InChI is InChI=1S/C55H101NO18/c1-3-5-7-9-11-12-13-14-15-16-17-18-19-20-21-22-23-24-25-27-29-31-33-43(61)56-38(39(60)32-30-28-26-10-8-6-4-2)37-69-53-49(67)46(64)51(41(35-58)71-53)74-55-50(68)47(65)52(42(36-59)72-55)73-54-48(66)45(63)44(62)40(34-57)70-54/h8,10,30,32,38-42,44-55,57-60,62-68H,3-7,9,11-29,31,33-37H2,1-2H3,(H,56,61)/b10-8+,32-30+. The Morgan fingerprint density at radius 3 is 1.32 bits per heavy atom. The maximum absolute atomic E-state index is 13.2. The summed E-state index contributed by atoms with van der Waals surface area (Å²) in [6.07, 6.45) is 12.3. The molecule has 3 rings (SSSR count). The van der Waals surface area contributed by atoms with E-state index < -0.39 is 124 Å². The fourth-order valence-electron chi connectivity index (χ4n) is 9.74. The van der Waals surface area contributed by atoms with Crippen molar-refractivity contribution in [1.29, 1.82) is 0 Å². The molecule has 19 heteroatoms.